The predicted molar refractivity (Wildman–Crippen MR) is 117 cm³/mol. The molecule has 2 N–H and O–H groups in total. The number of aromatic amines is 1. The topological polar surface area (TPSA) is 74.4 Å². The minimum atomic E-state index is -0.296. The number of amides is 2. The first-order valence-corrected chi connectivity index (χ1v) is 10.3. The van der Waals surface area contributed by atoms with Crippen molar-refractivity contribution in [2.24, 2.45) is 0 Å². The zero-order chi connectivity index (χ0) is 21.8. The maximum absolute atomic E-state index is 13.4. The number of nitrogens with one attached hydrogen (secondary N) is 2. The monoisotopic (exact) mass is 421 g/mol. The second-order valence-corrected chi connectivity index (χ2v) is 7.35. The van der Waals surface area contributed by atoms with Crippen LogP contribution in [-0.4, -0.2) is 47.9 Å². The Hall–Kier alpha value is -3.61. The number of halogens is 1. The van der Waals surface area contributed by atoms with E-state index in [1.54, 1.807) is 35.2 Å². The first kappa shape index (κ1) is 20.7. The molecule has 0 saturated carbocycles. The lowest BCUT2D eigenvalue weighted by molar-refractivity contribution is -0.129. The van der Waals surface area contributed by atoms with E-state index in [2.05, 4.69) is 10.3 Å². The fraction of sp³-hybridized carbons (Fsp3) is 0.250. The fourth-order valence-corrected chi connectivity index (χ4v) is 3.74. The Kier molecular flexibility index (Phi) is 6.02. The molecule has 0 saturated heterocycles. The van der Waals surface area contributed by atoms with E-state index in [4.69, 9.17) is 4.74 Å². The van der Waals surface area contributed by atoms with Crippen molar-refractivity contribution in [1.29, 1.82) is 0 Å². The van der Waals surface area contributed by atoms with E-state index in [0.29, 0.717) is 37.4 Å². The molecular formula is C24H24FN3O3. The summed E-state index contributed by atoms with van der Waals surface area (Å²) in [4.78, 5) is 29.6. The molecule has 1 aromatic heterocycles. The van der Waals surface area contributed by atoms with Crippen molar-refractivity contribution in [3.63, 3.8) is 0 Å². The number of benzene rings is 2. The van der Waals surface area contributed by atoms with Crippen LogP contribution in [0.2, 0.25) is 0 Å². The molecule has 3 aromatic rings. The van der Waals surface area contributed by atoms with Gasteiger partial charge in [-0.05, 0) is 61.4 Å². The van der Waals surface area contributed by atoms with Crippen LogP contribution in [0.5, 0.6) is 5.75 Å². The molecule has 2 amide bonds. The molecular weight excluding hydrogens is 397 g/mol. The summed E-state index contributed by atoms with van der Waals surface area (Å²) in [6.45, 7) is 3.44. The molecule has 2 aromatic carbocycles. The Morgan fingerprint density at radius 2 is 2.00 bits per heavy atom. The van der Waals surface area contributed by atoms with Crippen LogP contribution in [0, 0.1) is 5.82 Å². The molecule has 0 bridgehead atoms. The molecule has 0 aliphatic carbocycles. The molecule has 2 heterocycles. The Labute approximate surface area is 179 Å². The molecule has 0 unspecified atom stereocenters. The van der Waals surface area contributed by atoms with Crippen molar-refractivity contribution in [3.05, 3.63) is 71.7 Å². The molecule has 0 spiro atoms. The largest absolute Gasteiger partial charge is 0.494 e. The van der Waals surface area contributed by atoms with E-state index in [9.17, 15) is 14.0 Å². The number of nitrogens with zero attached hydrogens (tertiary/aromatic N) is 1. The SMILES string of the molecule is CCOc1ccc(C(=O)NCC(=O)N2CC=C(c3c[nH]c4cc(F)ccc34)CC2)cc1. The molecule has 1 aliphatic rings. The molecule has 6 nitrogen and oxygen atoms in total. The van der Waals surface area contributed by atoms with Gasteiger partial charge in [-0.15, -0.1) is 0 Å². The van der Waals surface area contributed by atoms with Crippen LogP contribution in [0.3, 0.4) is 0 Å². The van der Waals surface area contributed by atoms with Gasteiger partial charge in [-0.25, -0.2) is 4.39 Å². The zero-order valence-corrected chi connectivity index (χ0v) is 17.3. The van der Waals surface area contributed by atoms with Crippen LogP contribution in [0.25, 0.3) is 16.5 Å². The van der Waals surface area contributed by atoms with Gasteiger partial charge in [0.15, 0.2) is 0 Å². The summed E-state index contributed by atoms with van der Waals surface area (Å²) in [5.74, 6) is 0.000182. The number of hydrogen-bond donors (Lipinski definition) is 2. The molecule has 7 heteroatoms. The van der Waals surface area contributed by atoms with Crippen molar-refractivity contribution in [3.8, 4) is 5.75 Å². The average Bonchev–Trinajstić information content (AvgIpc) is 3.21. The summed E-state index contributed by atoms with van der Waals surface area (Å²) >= 11 is 0. The van der Waals surface area contributed by atoms with Crippen LogP contribution in [0.4, 0.5) is 4.39 Å². The Morgan fingerprint density at radius 1 is 1.19 bits per heavy atom. The summed E-state index contributed by atoms with van der Waals surface area (Å²) in [5.41, 5.74) is 3.39. The van der Waals surface area contributed by atoms with Gasteiger partial charge in [0.05, 0.1) is 13.2 Å². The molecule has 0 fully saturated rings. The maximum Gasteiger partial charge on any atom is 0.251 e. The predicted octanol–water partition coefficient (Wildman–Crippen LogP) is 3.75. The number of rotatable bonds is 6. The number of carbonyl (C=O) groups is 2. The van der Waals surface area contributed by atoms with Gasteiger partial charge in [-0.3, -0.25) is 9.59 Å². The summed E-state index contributed by atoms with van der Waals surface area (Å²) in [7, 11) is 0. The number of ether oxygens (including phenoxy) is 1. The van der Waals surface area contributed by atoms with E-state index >= 15 is 0 Å². The summed E-state index contributed by atoms with van der Waals surface area (Å²) < 4.78 is 18.8. The number of carbonyl (C=O) groups excluding carboxylic acids is 2. The number of aromatic nitrogens is 1. The highest BCUT2D eigenvalue weighted by atomic mass is 19.1. The first-order valence-electron chi connectivity index (χ1n) is 10.3. The van der Waals surface area contributed by atoms with Gasteiger partial charge in [-0.1, -0.05) is 6.08 Å². The Bertz CT molecular complexity index is 1130. The third kappa shape index (κ3) is 4.60. The standard InChI is InChI=1S/C24H24FN3O3/c1-2-31-19-6-3-17(4-7-19)24(30)27-15-23(29)28-11-9-16(10-12-28)21-14-26-22-13-18(25)5-8-20(21)22/h3-9,13-14,26H,2,10-12,15H2,1H3,(H,27,30). The molecule has 1 aliphatic heterocycles. The van der Waals surface area contributed by atoms with Crippen LogP contribution in [0.1, 0.15) is 29.3 Å². The summed E-state index contributed by atoms with van der Waals surface area (Å²) in [6, 6.07) is 11.5. The minimum absolute atomic E-state index is 0.0540. The number of fused-ring (bicyclic) bond motifs is 1. The highest BCUT2D eigenvalue weighted by Crippen LogP contribution is 2.29. The van der Waals surface area contributed by atoms with Gasteiger partial charge in [0.2, 0.25) is 5.91 Å². The molecule has 0 radical (unpaired) electrons. The quantitative estimate of drug-likeness (QED) is 0.637. The third-order valence-corrected chi connectivity index (χ3v) is 5.38. The molecule has 0 atom stereocenters. The second-order valence-electron chi connectivity index (χ2n) is 7.35. The molecule has 160 valence electrons. The van der Waals surface area contributed by atoms with Crippen LogP contribution >= 0.6 is 0 Å². The zero-order valence-electron chi connectivity index (χ0n) is 17.3. The molecule has 4 rings (SSSR count). The van der Waals surface area contributed by atoms with E-state index in [0.717, 1.165) is 22.0 Å². The van der Waals surface area contributed by atoms with Crippen molar-refractivity contribution in [1.82, 2.24) is 15.2 Å². The smallest absolute Gasteiger partial charge is 0.251 e. The van der Waals surface area contributed by atoms with E-state index in [1.165, 1.54) is 12.1 Å². The van der Waals surface area contributed by atoms with Crippen molar-refractivity contribution in [2.75, 3.05) is 26.2 Å². The lowest BCUT2D eigenvalue weighted by Crippen LogP contribution is -2.42. The fourth-order valence-electron chi connectivity index (χ4n) is 3.74. The van der Waals surface area contributed by atoms with Crippen molar-refractivity contribution >= 4 is 28.3 Å². The summed E-state index contributed by atoms with van der Waals surface area (Å²) in [5, 5.41) is 3.65. The summed E-state index contributed by atoms with van der Waals surface area (Å²) in [6.07, 6.45) is 4.59. The van der Waals surface area contributed by atoms with Gasteiger partial charge in [-0.2, -0.15) is 0 Å². The van der Waals surface area contributed by atoms with Gasteiger partial charge in [0.1, 0.15) is 11.6 Å². The maximum atomic E-state index is 13.4. The van der Waals surface area contributed by atoms with Crippen LogP contribution < -0.4 is 10.1 Å². The van der Waals surface area contributed by atoms with E-state index < -0.39 is 0 Å². The minimum Gasteiger partial charge on any atom is -0.494 e. The highest BCUT2D eigenvalue weighted by molar-refractivity contribution is 5.97. The Balaban J connectivity index is 1.33. The van der Waals surface area contributed by atoms with Gasteiger partial charge < -0.3 is 19.9 Å². The average molecular weight is 421 g/mol. The lowest BCUT2D eigenvalue weighted by atomic mass is 9.99. The van der Waals surface area contributed by atoms with Gasteiger partial charge in [0.25, 0.3) is 5.91 Å². The van der Waals surface area contributed by atoms with Gasteiger partial charge >= 0.3 is 0 Å². The van der Waals surface area contributed by atoms with Crippen molar-refractivity contribution in [2.45, 2.75) is 13.3 Å². The normalized spacial score (nSPS) is 13.7. The van der Waals surface area contributed by atoms with Crippen molar-refractivity contribution < 1.29 is 18.7 Å². The highest BCUT2D eigenvalue weighted by Gasteiger charge is 2.20. The number of H-pyrrole nitrogens is 1. The van der Waals surface area contributed by atoms with E-state index in [-0.39, 0.29) is 24.2 Å². The second kappa shape index (κ2) is 9.04. The number of hydrogen-bond acceptors (Lipinski definition) is 3. The van der Waals surface area contributed by atoms with E-state index in [1.807, 2.05) is 19.2 Å². The van der Waals surface area contributed by atoms with Gasteiger partial charge in [0, 0.05) is 41.3 Å². The van der Waals surface area contributed by atoms with Crippen LogP contribution in [-0.2, 0) is 4.79 Å². The third-order valence-electron chi connectivity index (χ3n) is 5.38. The molecule has 31 heavy (non-hydrogen) atoms. The lowest BCUT2D eigenvalue weighted by Gasteiger charge is -2.26. The first-order chi connectivity index (χ1) is 15.0. The van der Waals surface area contributed by atoms with Crippen LogP contribution in [0.15, 0.2) is 54.7 Å². The Morgan fingerprint density at radius 3 is 2.71 bits per heavy atom.